The van der Waals surface area contributed by atoms with Crippen molar-refractivity contribution in [3.05, 3.63) is 35.8 Å². The molecule has 1 fully saturated rings. The molecule has 26 heavy (non-hydrogen) atoms. The van der Waals surface area contributed by atoms with Gasteiger partial charge in [-0.1, -0.05) is 0 Å². The van der Waals surface area contributed by atoms with E-state index in [-0.39, 0.29) is 12.0 Å². The Labute approximate surface area is 152 Å². The minimum absolute atomic E-state index is 0.0947. The number of β-amino-alcohol motifs (C(OH)–C–C–N with tert-alkyl or cyclic N) is 1. The molecule has 8 heteroatoms. The summed E-state index contributed by atoms with van der Waals surface area (Å²) in [6, 6.07) is 3.78. The van der Waals surface area contributed by atoms with Crippen molar-refractivity contribution in [1.29, 1.82) is 0 Å². The molecule has 1 unspecified atom stereocenters. The number of rotatable bonds is 3. The molecular formula is C18H24N6O2. The molecule has 1 atom stereocenters. The number of aryl methyl sites for hydroxylation is 1. The Balaban J connectivity index is 1.62. The summed E-state index contributed by atoms with van der Waals surface area (Å²) in [5.74, 6) is 0.718. The molecule has 2 aromatic rings. The fraction of sp³-hybridized carbons (Fsp3) is 0.500. The number of aromatic nitrogens is 3. The number of carbonyl (C=O) groups is 1. The van der Waals surface area contributed by atoms with Crippen molar-refractivity contribution in [2.75, 3.05) is 43.0 Å². The lowest BCUT2D eigenvalue weighted by Gasteiger charge is -2.34. The lowest BCUT2D eigenvalue weighted by Crippen LogP contribution is -2.43. The minimum atomic E-state index is -0.276. The van der Waals surface area contributed by atoms with Crippen molar-refractivity contribution >= 4 is 17.4 Å². The summed E-state index contributed by atoms with van der Waals surface area (Å²) in [6.45, 7) is 3.44. The number of aliphatic hydroxyl groups is 1. The quantitative estimate of drug-likeness (QED) is 0.862. The monoisotopic (exact) mass is 356 g/mol. The maximum atomic E-state index is 13.3. The molecule has 2 aliphatic rings. The number of hydrogen-bond acceptors (Lipinski definition) is 6. The summed E-state index contributed by atoms with van der Waals surface area (Å²) in [4.78, 5) is 23.7. The molecule has 2 aromatic heterocycles. The highest BCUT2D eigenvalue weighted by molar-refractivity contribution is 6.07. The number of aliphatic hydroxyl groups excluding tert-OH is 1. The molecule has 138 valence electrons. The van der Waals surface area contributed by atoms with Crippen LogP contribution in [-0.2, 0) is 13.6 Å². The molecule has 0 radical (unpaired) electrons. The summed E-state index contributed by atoms with van der Waals surface area (Å²) < 4.78 is 1.69. The molecule has 2 aliphatic heterocycles. The molecule has 1 amide bonds. The van der Waals surface area contributed by atoms with Crippen LogP contribution in [0.2, 0.25) is 0 Å². The number of hydrogen-bond donors (Lipinski definition) is 1. The third kappa shape index (κ3) is 3.06. The van der Waals surface area contributed by atoms with E-state index in [1.54, 1.807) is 15.8 Å². The molecule has 0 aliphatic carbocycles. The second-order valence-corrected chi connectivity index (χ2v) is 7.08. The first kappa shape index (κ1) is 17.0. The van der Waals surface area contributed by atoms with Crippen LogP contribution in [0.1, 0.15) is 22.5 Å². The van der Waals surface area contributed by atoms with Crippen LogP contribution in [0.4, 0.5) is 11.5 Å². The smallest absolute Gasteiger partial charge is 0.279 e. The van der Waals surface area contributed by atoms with E-state index in [1.807, 2.05) is 32.4 Å². The van der Waals surface area contributed by atoms with Gasteiger partial charge in [-0.3, -0.25) is 14.4 Å². The van der Waals surface area contributed by atoms with Gasteiger partial charge in [-0.2, -0.15) is 5.10 Å². The molecule has 4 rings (SSSR count). The molecule has 0 saturated carbocycles. The maximum Gasteiger partial charge on any atom is 0.279 e. The van der Waals surface area contributed by atoms with Crippen molar-refractivity contribution in [2.24, 2.45) is 7.05 Å². The van der Waals surface area contributed by atoms with Crippen LogP contribution in [0.25, 0.3) is 0 Å². The molecule has 0 bridgehead atoms. The van der Waals surface area contributed by atoms with Crippen molar-refractivity contribution in [3.8, 4) is 0 Å². The average Bonchev–Trinajstić information content (AvgIpc) is 3.20. The Bertz CT molecular complexity index is 820. The average molecular weight is 356 g/mol. The van der Waals surface area contributed by atoms with E-state index in [4.69, 9.17) is 0 Å². The second-order valence-electron chi connectivity index (χ2n) is 7.08. The molecule has 1 N–H and O–H groups in total. The number of pyridine rings is 1. The van der Waals surface area contributed by atoms with Crippen LogP contribution < -0.4 is 9.80 Å². The molecule has 0 aromatic carbocycles. The van der Waals surface area contributed by atoms with Crippen LogP contribution in [-0.4, -0.2) is 70.0 Å². The summed E-state index contributed by atoms with van der Waals surface area (Å²) in [5.41, 5.74) is 2.20. The van der Waals surface area contributed by atoms with Crippen molar-refractivity contribution < 1.29 is 9.90 Å². The van der Waals surface area contributed by atoms with Gasteiger partial charge in [-0.05, 0) is 18.6 Å². The third-order valence-electron chi connectivity index (χ3n) is 5.07. The van der Waals surface area contributed by atoms with Crippen molar-refractivity contribution in [3.63, 3.8) is 0 Å². The number of carbonyl (C=O) groups excluding carboxylic acids is 1. The molecule has 1 saturated heterocycles. The van der Waals surface area contributed by atoms with E-state index >= 15 is 0 Å². The zero-order valence-electron chi connectivity index (χ0n) is 15.2. The van der Waals surface area contributed by atoms with E-state index in [1.165, 1.54) is 0 Å². The first-order chi connectivity index (χ1) is 12.5. The van der Waals surface area contributed by atoms with Crippen LogP contribution >= 0.6 is 0 Å². The lowest BCUT2D eigenvalue weighted by atomic mass is 10.1. The first-order valence-corrected chi connectivity index (χ1v) is 8.94. The van der Waals surface area contributed by atoms with Gasteiger partial charge < -0.3 is 14.9 Å². The molecular weight excluding hydrogens is 332 g/mol. The summed E-state index contributed by atoms with van der Waals surface area (Å²) in [5, 5.41) is 14.2. The van der Waals surface area contributed by atoms with Crippen LogP contribution in [0.5, 0.6) is 0 Å². The van der Waals surface area contributed by atoms with Gasteiger partial charge in [0.15, 0.2) is 11.5 Å². The van der Waals surface area contributed by atoms with Crippen LogP contribution in [0.15, 0.2) is 24.5 Å². The van der Waals surface area contributed by atoms with Crippen molar-refractivity contribution in [2.45, 2.75) is 19.1 Å². The topological polar surface area (TPSA) is 77.7 Å². The zero-order chi connectivity index (χ0) is 18.3. The highest BCUT2D eigenvalue weighted by atomic mass is 16.3. The number of anilines is 2. The SMILES string of the molecule is CN1CCN(C(=O)c2nn(C)cc2CN2CCC(O)C2)c2cccnc21. The number of likely N-dealkylation sites (N-methyl/N-ethyl adjacent to an activating group) is 1. The fourth-order valence-corrected chi connectivity index (χ4v) is 3.74. The largest absolute Gasteiger partial charge is 0.392 e. The minimum Gasteiger partial charge on any atom is -0.392 e. The van der Waals surface area contributed by atoms with E-state index < -0.39 is 0 Å². The zero-order valence-corrected chi connectivity index (χ0v) is 15.2. The fourth-order valence-electron chi connectivity index (χ4n) is 3.74. The van der Waals surface area contributed by atoms with Gasteiger partial charge in [0.2, 0.25) is 0 Å². The predicted octanol–water partition coefficient (Wildman–Crippen LogP) is 0.478. The molecule has 4 heterocycles. The summed E-state index contributed by atoms with van der Waals surface area (Å²) in [6.07, 6.45) is 4.15. The Morgan fingerprint density at radius 3 is 2.92 bits per heavy atom. The lowest BCUT2D eigenvalue weighted by molar-refractivity contribution is 0.0979. The van der Waals surface area contributed by atoms with Gasteiger partial charge in [0.25, 0.3) is 5.91 Å². The van der Waals surface area contributed by atoms with Gasteiger partial charge in [0.1, 0.15) is 0 Å². The van der Waals surface area contributed by atoms with E-state index in [2.05, 4.69) is 19.9 Å². The van der Waals surface area contributed by atoms with Crippen LogP contribution in [0, 0.1) is 0 Å². The molecule has 0 spiro atoms. The predicted molar refractivity (Wildman–Crippen MR) is 98.3 cm³/mol. The highest BCUT2D eigenvalue weighted by Gasteiger charge is 2.30. The second kappa shape index (κ2) is 6.69. The summed E-state index contributed by atoms with van der Waals surface area (Å²) >= 11 is 0. The van der Waals surface area contributed by atoms with E-state index in [9.17, 15) is 9.90 Å². The van der Waals surface area contributed by atoms with Crippen molar-refractivity contribution in [1.82, 2.24) is 19.7 Å². The Kier molecular flexibility index (Phi) is 4.37. The van der Waals surface area contributed by atoms with Gasteiger partial charge in [-0.25, -0.2) is 4.98 Å². The number of nitrogens with zero attached hydrogens (tertiary/aromatic N) is 6. The Morgan fingerprint density at radius 1 is 1.31 bits per heavy atom. The number of amides is 1. The third-order valence-corrected chi connectivity index (χ3v) is 5.07. The molecule has 8 nitrogen and oxygen atoms in total. The standard InChI is InChI=1S/C18H24N6O2/c1-21-8-9-24(15-4-3-6-19-17(15)21)18(26)16-13(10-22(2)20-16)11-23-7-5-14(25)12-23/h3-4,6,10,14,25H,5,7-9,11-12H2,1-2H3. The summed E-state index contributed by atoms with van der Waals surface area (Å²) in [7, 11) is 3.82. The normalized spacial score (nSPS) is 20.5. The Hall–Kier alpha value is -2.45. The van der Waals surface area contributed by atoms with E-state index in [0.717, 1.165) is 36.6 Å². The maximum absolute atomic E-state index is 13.3. The number of likely N-dealkylation sites (tertiary alicyclic amines) is 1. The first-order valence-electron chi connectivity index (χ1n) is 8.94. The van der Waals surface area contributed by atoms with Gasteiger partial charge in [0, 0.05) is 64.8 Å². The number of fused-ring (bicyclic) bond motifs is 1. The highest BCUT2D eigenvalue weighted by Crippen LogP contribution is 2.31. The van der Waals surface area contributed by atoms with Gasteiger partial charge >= 0.3 is 0 Å². The van der Waals surface area contributed by atoms with Crippen LogP contribution in [0.3, 0.4) is 0 Å². The van der Waals surface area contributed by atoms with E-state index in [0.29, 0.717) is 25.3 Å². The Morgan fingerprint density at radius 2 is 2.15 bits per heavy atom. The van der Waals surface area contributed by atoms with Gasteiger partial charge in [-0.15, -0.1) is 0 Å². The van der Waals surface area contributed by atoms with Gasteiger partial charge in [0.05, 0.1) is 11.8 Å².